The number of carbonyl (C=O) groups excluding carboxylic acids is 1. The molecule has 0 spiro atoms. The Hall–Kier alpha value is -2.49. The highest BCUT2D eigenvalue weighted by atomic mass is 35.5. The Bertz CT molecular complexity index is 876. The van der Waals surface area contributed by atoms with Crippen LogP contribution in [0.3, 0.4) is 0 Å². The van der Waals surface area contributed by atoms with Gasteiger partial charge in [0.25, 0.3) is 5.91 Å². The third-order valence-corrected chi connectivity index (χ3v) is 4.87. The summed E-state index contributed by atoms with van der Waals surface area (Å²) < 4.78 is 5.71. The number of nitrogens with zero attached hydrogens (tertiary/aromatic N) is 4. The predicted octanol–water partition coefficient (Wildman–Crippen LogP) is 3.38. The normalized spacial score (nSPS) is 15.2. The number of pyridine rings is 1. The van der Waals surface area contributed by atoms with Gasteiger partial charge in [0.15, 0.2) is 6.10 Å². The molecule has 2 heterocycles. The largest absolute Gasteiger partial charge is 0.479 e. The molecule has 27 heavy (non-hydrogen) atoms. The van der Waals surface area contributed by atoms with E-state index >= 15 is 0 Å². The summed E-state index contributed by atoms with van der Waals surface area (Å²) in [5.74, 6) is 1.08. The van der Waals surface area contributed by atoms with E-state index in [1.165, 1.54) is 0 Å². The summed E-state index contributed by atoms with van der Waals surface area (Å²) in [6.45, 7) is 4.10. The second-order valence-corrected chi connectivity index (χ2v) is 7.01. The minimum absolute atomic E-state index is 0.0978. The zero-order valence-electron chi connectivity index (χ0n) is 14.7. The molecular weight excluding hydrogens is 387 g/mol. The first-order valence-corrected chi connectivity index (χ1v) is 9.25. The molecule has 0 N–H and O–H groups in total. The van der Waals surface area contributed by atoms with Crippen molar-refractivity contribution in [2.75, 3.05) is 31.1 Å². The summed E-state index contributed by atoms with van der Waals surface area (Å²) >= 11 is 12.0. The summed E-state index contributed by atoms with van der Waals surface area (Å²) in [6.07, 6.45) is 0.965. The van der Waals surface area contributed by atoms with Crippen LogP contribution in [-0.2, 0) is 4.79 Å². The lowest BCUT2D eigenvalue weighted by Crippen LogP contribution is -2.52. The van der Waals surface area contributed by atoms with Crippen LogP contribution in [0.25, 0.3) is 0 Å². The zero-order chi connectivity index (χ0) is 19.4. The Labute approximate surface area is 167 Å². The van der Waals surface area contributed by atoms with Crippen molar-refractivity contribution in [1.82, 2.24) is 9.88 Å². The lowest BCUT2D eigenvalue weighted by atomic mass is 10.2. The minimum atomic E-state index is -0.657. The quantitative estimate of drug-likeness (QED) is 0.780. The average molecular weight is 405 g/mol. The van der Waals surface area contributed by atoms with Gasteiger partial charge < -0.3 is 14.5 Å². The van der Waals surface area contributed by atoms with E-state index in [-0.39, 0.29) is 5.91 Å². The van der Waals surface area contributed by atoms with Crippen LogP contribution in [0.15, 0.2) is 36.5 Å². The van der Waals surface area contributed by atoms with Gasteiger partial charge in [0, 0.05) is 37.4 Å². The maximum atomic E-state index is 12.7. The van der Waals surface area contributed by atoms with E-state index in [0.29, 0.717) is 47.5 Å². The third-order valence-electron chi connectivity index (χ3n) is 4.34. The molecule has 3 rings (SSSR count). The first-order valence-electron chi connectivity index (χ1n) is 8.49. The van der Waals surface area contributed by atoms with Crippen molar-refractivity contribution in [1.29, 1.82) is 5.26 Å². The molecule has 1 aromatic heterocycles. The number of ether oxygens (including phenoxy) is 1. The van der Waals surface area contributed by atoms with Crippen LogP contribution in [0.1, 0.15) is 12.5 Å². The first-order chi connectivity index (χ1) is 13.0. The predicted molar refractivity (Wildman–Crippen MR) is 104 cm³/mol. The molecule has 0 saturated carbocycles. The van der Waals surface area contributed by atoms with Crippen LogP contribution in [0.4, 0.5) is 5.82 Å². The Morgan fingerprint density at radius 2 is 1.96 bits per heavy atom. The summed E-state index contributed by atoms with van der Waals surface area (Å²) in [6, 6.07) is 10.4. The summed E-state index contributed by atoms with van der Waals surface area (Å²) in [5.41, 5.74) is 0.570. The number of benzene rings is 1. The molecule has 0 aliphatic carbocycles. The number of hydrogen-bond donors (Lipinski definition) is 0. The van der Waals surface area contributed by atoms with Crippen LogP contribution in [0.2, 0.25) is 10.0 Å². The fourth-order valence-corrected chi connectivity index (χ4v) is 3.34. The van der Waals surface area contributed by atoms with Crippen molar-refractivity contribution >= 4 is 34.9 Å². The zero-order valence-corrected chi connectivity index (χ0v) is 16.2. The standard InChI is InChI=1S/C19H18Cl2N4O2/c1-13(27-17-3-2-15(20)11-16(17)21)19(26)25-8-6-24(7-9-25)18-10-14(12-22)4-5-23-18/h2-5,10-11,13H,6-9H2,1H3. The highest BCUT2D eigenvalue weighted by Gasteiger charge is 2.27. The van der Waals surface area contributed by atoms with Crippen LogP contribution in [0.5, 0.6) is 5.75 Å². The summed E-state index contributed by atoms with van der Waals surface area (Å²) in [4.78, 5) is 20.8. The van der Waals surface area contributed by atoms with E-state index in [4.69, 9.17) is 33.2 Å². The van der Waals surface area contributed by atoms with Gasteiger partial charge in [0.1, 0.15) is 11.6 Å². The second-order valence-electron chi connectivity index (χ2n) is 6.16. The SMILES string of the molecule is CC(Oc1ccc(Cl)cc1Cl)C(=O)N1CCN(c2cc(C#N)ccn2)CC1. The Balaban J connectivity index is 1.58. The highest BCUT2D eigenvalue weighted by molar-refractivity contribution is 6.35. The van der Waals surface area contributed by atoms with Gasteiger partial charge in [-0.2, -0.15) is 5.26 Å². The summed E-state index contributed by atoms with van der Waals surface area (Å²) in [5, 5.41) is 9.89. The molecule has 1 fully saturated rings. The second kappa shape index (κ2) is 8.47. The van der Waals surface area contributed by atoms with E-state index in [2.05, 4.69) is 16.0 Å². The molecule has 1 aliphatic heterocycles. The maximum absolute atomic E-state index is 12.7. The van der Waals surface area contributed by atoms with E-state index < -0.39 is 6.10 Å². The smallest absolute Gasteiger partial charge is 0.263 e. The van der Waals surface area contributed by atoms with E-state index in [1.807, 2.05) is 0 Å². The first kappa shape index (κ1) is 19.3. The molecule has 8 heteroatoms. The molecule has 1 atom stereocenters. The summed E-state index contributed by atoms with van der Waals surface area (Å²) in [7, 11) is 0. The number of amides is 1. The molecular formula is C19H18Cl2N4O2. The van der Waals surface area contributed by atoms with Crippen molar-refractivity contribution in [3.63, 3.8) is 0 Å². The molecule has 140 valence electrons. The van der Waals surface area contributed by atoms with Crippen molar-refractivity contribution in [3.8, 4) is 11.8 Å². The number of hydrogen-bond acceptors (Lipinski definition) is 5. The van der Waals surface area contributed by atoms with Gasteiger partial charge >= 0.3 is 0 Å². The minimum Gasteiger partial charge on any atom is -0.479 e. The molecule has 1 amide bonds. The van der Waals surface area contributed by atoms with Gasteiger partial charge in [0.2, 0.25) is 0 Å². The topological polar surface area (TPSA) is 69.5 Å². The number of carbonyl (C=O) groups is 1. The third kappa shape index (κ3) is 4.62. The molecule has 0 radical (unpaired) electrons. The molecule has 0 bridgehead atoms. The van der Waals surface area contributed by atoms with Crippen molar-refractivity contribution in [2.24, 2.45) is 0 Å². The van der Waals surface area contributed by atoms with Gasteiger partial charge in [-0.1, -0.05) is 23.2 Å². The monoisotopic (exact) mass is 404 g/mol. The van der Waals surface area contributed by atoms with Gasteiger partial charge in [-0.25, -0.2) is 4.98 Å². The van der Waals surface area contributed by atoms with E-state index in [0.717, 1.165) is 5.82 Å². The number of anilines is 1. The van der Waals surface area contributed by atoms with Gasteiger partial charge in [0.05, 0.1) is 16.7 Å². The molecule has 2 aromatic rings. The molecule has 6 nitrogen and oxygen atoms in total. The number of aromatic nitrogens is 1. The van der Waals surface area contributed by atoms with Gasteiger partial charge in [-0.05, 0) is 37.3 Å². The Morgan fingerprint density at radius 3 is 2.63 bits per heavy atom. The van der Waals surface area contributed by atoms with Crippen molar-refractivity contribution < 1.29 is 9.53 Å². The number of rotatable bonds is 4. The highest BCUT2D eigenvalue weighted by Crippen LogP contribution is 2.28. The number of halogens is 2. The lowest BCUT2D eigenvalue weighted by Gasteiger charge is -2.36. The molecule has 1 aromatic carbocycles. The molecule has 1 unspecified atom stereocenters. The van der Waals surface area contributed by atoms with E-state index in [9.17, 15) is 4.79 Å². The molecule has 1 aliphatic rings. The van der Waals surface area contributed by atoms with Crippen LogP contribution < -0.4 is 9.64 Å². The van der Waals surface area contributed by atoms with Crippen LogP contribution >= 0.6 is 23.2 Å². The molecule has 1 saturated heterocycles. The maximum Gasteiger partial charge on any atom is 0.263 e. The number of nitriles is 1. The number of piperazine rings is 1. The van der Waals surface area contributed by atoms with Crippen LogP contribution in [-0.4, -0.2) is 48.1 Å². The Morgan fingerprint density at radius 1 is 1.22 bits per heavy atom. The van der Waals surface area contributed by atoms with Gasteiger partial charge in [-0.15, -0.1) is 0 Å². The van der Waals surface area contributed by atoms with Crippen molar-refractivity contribution in [2.45, 2.75) is 13.0 Å². The average Bonchev–Trinajstić information content (AvgIpc) is 2.69. The van der Waals surface area contributed by atoms with Crippen molar-refractivity contribution in [3.05, 3.63) is 52.1 Å². The van der Waals surface area contributed by atoms with Crippen LogP contribution in [0, 0.1) is 11.3 Å². The van der Waals surface area contributed by atoms with Gasteiger partial charge in [-0.3, -0.25) is 4.79 Å². The fraction of sp³-hybridized carbons (Fsp3) is 0.316. The van der Waals surface area contributed by atoms with E-state index in [1.54, 1.807) is 48.4 Å². The fourth-order valence-electron chi connectivity index (χ4n) is 2.89. The lowest BCUT2D eigenvalue weighted by molar-refractivity contribution is -0.138. The Kier molecular flexibility index (Phi) is 6.04.